The number of nitrogens with zero attached hydrogens (tertiary/aromatic N) is 2. The van der Waals surface area contributed by atoms with Crippen LogP contribution in [0.2, 0.25) is 6.82 Å². The lowest BCUT2D eigenvalue weighted by molar-refractivity contribution is 0.0570. The summed E-state index contributed by atoms with van der Waals surface area (Å²) in [5, 5.41) is 0.705. The number of hydrogen-bond acceptors (Lipinski definition) is 4. The highest BCUT2D eigenvalue weighted by atomic mass is 32.1. The van der Waals surface area contributed by atoms with E-state index in [2.05, 4.69) is 11.8 Å². The van der Waals surface area contributed by atoms with Gasteiger partial charge in [0.05, 0.1) is 0 Å². The lowest BCUT2D eigenvalue weighted by Gasteiger charge is -2.28. The molecule has 100 valence electrons. The van der Waals surface area contributed by atoms with Crippen molar-refractivity contribution < 1.29 is 9.53 Å². The molecule has 4 nitrogen and oxygen atoms in total. The van der Waals surface area contributed by atoms with E-state index in [1.807, 2.05) is 40.8 Å². The van der Waals surface area contributed by atoms with Gasteiger partial charge in [-0.15, -0.1) is 11.3 Å². The third-order valence-electron chi connectivity index (χ3n) is 2.20. The Labute approximate surface area is 114 Å². The molecule has 0 atom stereocenters. The first kappa shape index (κ1) is 15.0. The number of carbonyl (C=O) groups excluding carboxylic acids is 1. The van der Waals surface area contributed by atoms with Gasteiger partial charge in [0.25, 0.3) is 0 Å². The summed E-state index contributed by atoms with van der Waals surface area (Å²) in [5.74, 6) is 0. The van der Waals surface area contributed by atoms with E-state index in [1.54, 1.807) is 4.90 Å². The summed E-state index contributed by atoms with van der Waals surface area (Å²) >= 11 is 1.54. The highest BCUT2D eigenvalue weighted by Crippen LogP contribution is 2.21. The Morgan fingerprint density at radius 3 is 2.50 bits per heavy atom. The van der Waals surface area contributed by atoms with Crippen LogP contribution in [-0.4, -0.2) is 30.0 Å². The molecule has 0 aliphatic carbocycles. The van der Waals surface area contributed by atoms with Gasteiger partial charge in [-0.25, -0.2) is 9.78 Å². The molecule has 0 bridgehead atoms. The van der Waals surface area contributed by atoms with Gasteiger partial charge in [-0.2, -0.15) is 0 Å². The van der Waals surface area contributed by atoms with Crippen LogP contribution in [-0.2, 0) is 4.74 Å². The molecule has 0 saturated carbocycles. The van der Waals surface area contributed by atoms with E-state index in [4.69, 9.17) is 4.74 Å². The van der Waals surface area contributed by atoms with Crippen LogP contribution >= 0.6 is 11.3 Å². The molecule has 0 aromatic carbocycles. The lowest BCUT2D eigenvalue weighted by Crippen LogP contribution is -2.41. The van der Waals surface area contributed by atoms with Crippen molar-refractivity contribution in [2.75, 3.05) is 4.90 Å². The summed E-state index contributed by atoms with van der Waals surface area (Å²) in [7, 11) is 0.928. The number of carbonyl (C=O) groups is 1. The monoisotopic (exact) mass is 268 g/mol. The Morgan fingerprint density at radius 1 is 1.50 bits per heavy atom. The van der Waals surface area contributed by atoms with Gasteiger partial charge >= 0.3 is 6.09 Å². The zero-order valence-corrected chi connectivity index (χ0v) is 12.8. The molecular formula is C12H21BN2O2S. The molecule has 0 saturated heterocycles. The first-order valence-electron chi connectivity index (χ1n) is 6.21. The number of anilines is 1. The second kappa shape index (κ2) is 5.74. The molecule has 0 spiro atoms. The molecule has 0 N–H and O–H groups in total. The van der Waals surface area contributed by atoms with Crippen molar-refractivity contribution in [3.05, 3.63) is 6.20 Å². The van der Waals surface area contributed by atoms with Crippen molar-refractivity contribution in [1.82, 2.24) is 4.98 Å². The first-order chi connectivity index (χ1) is 8.24. The molecule has 1 heterocycles. The summed E-state index contributed by atoms with van der Waals surface area (Å²) in [6.07, 6.45) is 1.48. The number of aromatic nitrogens is 1. The molecule has 0 unspecified atom stereocenters. The van der Waals surface area contributed by atoms with Gasteiger partial charge in [0.1, 0.15) is 5.60 Å². The van der Waals surface area contributed by atoms with Gasteiger partial charge in [-0.1, -0.05) is 6.82 Å². The van der Waals surface area contributed by atoms with E-state index in [9.17, 15) is 4.79 Å². The highest BCUT2D eigenvalue weighted by Gasteiger charge is 2.27. The number of amides is 1. The normalized spacial score (nSPS) is 11.5. The van der Waals surface area contributed by atoms with Gasteiger partial charge in [0.2, 0.25) is 0 Å². The summed E-state index contributed by atoms with van der Waals surface area (Å²) in [4.78, 5) is 18.1. The van der Waals surface area contributed by atoms with Crippen molar-refractivity contribution in [2.45, 2.75) is 53.1 Å². The van der Waals surface area contributed by atoms with Gasteiger partial charge in [-0.05, 0) is 39.4 Å². The van der Waals surface area contributed by atoms with Crippen LogP contribution in [0.3, 0.4) is 0 Å². The third-order valence-corrected chi connectivity index (χ3v) is 3.34. The summed E-state index contributed by atoms with van der Waals surface area (Å²) in [5.41, 5.74) is -0.491. The molecule has 0 aliphatic heterocycles. The Balaban J connectivity index is 2.92. The Morgan fingerprint density at radius 2 is 2.11 bits per heavy atom. The molecule has 1 rings (SSSR count). The number of ether oxygens (including phenoxy) is 1. The van der Waals surface area contributed by atoms with Gasteiger partial charge < -0.3 is 4.74 Å². The molecule has 18 heavy (non-hydrogen) atoms. The van der Waals surface area contributed by atoms with Crippen LogP contribution in [0.15, 0.2) is 6.20 Å². The first-order valence-corrected chi connectivity index (χ1v) is 7.03. The number of rotatable bonds is 3. The summed E-state index contributed by atoms with van der Waals surface area (Å²) in [6, 6.07) is 0.0238. The average molecular weight is 268 g/mol. The average Bonchev–Trinajstić information content (AvgIpc) is 2.62. The van der Waals surface area contributed by atoms with Crippen molar-refractivity contribution >= 4 is 34.6 Å². The fraction of sp³-hybridized carbons (Fsp3) is 0.667. The predicted octanol–water partition coefficient (Wildman–Crippen LogP) is 2.40. The van der Waals surface area contributed by atoms with Gasteiger partial charge in [0, 0.05) is 12.2 Å². The minimum Gasteiger partial charge on any atom is -0.443 e. The molecule has 0 radical (unpaired) electrons. The van der Waals surface area contributed by atoms with E-state index >= 15 is 0 Å². The topological polar surface area (TPSA) is 42.4 Å². The Bertz CT molecular complexity index is 412. The smallest absolute Gasteiger partial charge is 0.416 e. The van der Waals surface area contributed by atoms with Crippen LogP contribution < -0.4 is 9.68 Å². The molecule has 1 aromatic rings. The Hall–Kier alpha value is -1.04. The maximum atomic E-state index is 12.2. The van der Waals surface area contributed by atoms with Crippen molar-refractivity contribution in [2.24, 2.45) is 0 Å². The maximum absolute atomic E-state index is 12.2. The second-order valence-electron chi connectivity index (χ2n) is 5.41. The largest absolute Gasteiger partial charge is 0.443 e. The molecule has 6 heteroatoms. The third kappa shape index (κ3) is 4.01. The lowest BCUT2D eigenvalue weighted by atomic mass is 9.81. The van der Waals surface area contributed by atoms with Gasteiger partial charge in [0.15, 0.2) is 12.4 Å². The minimum atomic E-state index is -0.491. The Kier molecular flexibility index (Phi) is 4.79. The van der Waals surface area contributed by atoms with E-state index < -0.39 is 5.60 Å². The SMILES string of the molecule is CBc1cnc(N(C(=O)OC(C)(C)C)C(C)C)s1. The quantitative estimate of drug-likeness (QED) is 0.790. The maximum Gasteiger partial charge on any atom is 0.416 e. The molecule has 1 aromatic heterocycles. The summed E-state index contributed by atoms with van der Waals surface area (Å²) in [6.45, 7) is 11.6. The van der Waals surface area contributed by atoms with Crippen LogP contribution in [0.1, 0.15) is 34.6 Å². The van der Waals surface area contributed by atoms with E-state index in [-0.39, 0.29) is 12.1 Å². The zero-order chi connectivity index (χ0) is 13.9. The second-order valence-corrected chi connectivity index (χ2v) is 6.50. The molecular weight excluding hydrogens is 247 g/mol. The molecule has 0 aliphatic rings. The standard InChI is InChI=1S/C12H21BN2O2S/c1-8(2)15(11(16)17-12(3,4)5)10-14-7-9(13-6)18-10/h7-8,13H,1-6H3. The van der Waals surface area contributed by atoms with Crippen LogP contribution in [0.25, 0.3) is 0 Å². The van der Waals surface area contributed by atoms with Crippen molar-refractivity contribution in [3.8, 4) is 0 Å². The predicted molar refractivity (Wildman–Crippen MR) is 78.6 cm³/mol. The highest BCUT2D eigenvalue weighted by molar-refractivity contribution is 7.24. The number of thiazole rings is 1. The minimum absolute atomic E-state index is 0.0238. The van der Waals surface area contributed by atoms with E-state index in [0.717, 1.165) is 7.28 Å². The fourth-order valence-electron chi connectivity index (χ4n) is 1.39. The zero-order valence-electron chi connectivity index (χ0n) is 12.0. The van der Waals surface area contributed by atoms with Crippen LogP contribution in [0, 0.1) is 0 Å². The molecule has 1 amide bonds. The molecule has 0 fully saturated rings. The van der Waals surface area contributed by atoms with Gasteiger partial charge in [-0.3, -0.25) is 4.90 Å². The van der Waals surface area contributed by atoms with E-state index in [0.29, 0.717) is 5.13 Å². The fourth-order valence-corrected chi connectivity index (χ4v) is 2.37. The van der Waals surface area contributed by atoms with Crippen LogP contribution in [0.4, 0.5) is 9.93 Å². The van der Waals surface area contributed by atoms with E-state index in [1.165, 1.54) is 16.1 Å². The summed E-state index contributed by atoms with van der Waals surface area (Å²) < 4.78 is 6.58. The van der Waals surface area contributed by atoms with Crippen molar-refractivity contribution in [3.63, 3.8) is 0 Å². The van der Waals surface area contributed by atoms with Crippen molar-refractivity contribution in [1.29, 1.82) is 0 Å². The van der Waals surface area contributed by atoms with Crippen LogP contribution in [0.5, 0.6) is 0 Å². The number of hydrogen-bond donors (Lipinski definition) is 0.